The molecule has 0 bridgehead atoms. The van der Waals surface area contributed by atoms with Crippen molar-refractivity contribution in [3.63, 3.8) is 0 Å². The van der Waals surface area contributed by atoms with Crippen molar-refractivity contribution in [1.29, 1.82) is 0 Å². The van der Waals surface area contributed by atoms with E-state index in [-0.39, 0.29) is 5.56 Å². The molecule has 0 aliphatic carbocycles. The van der Waals surface area contributed by atoms with Crippen molar-refractivity contribution in [2.24, 2.45) is 0 Å². The fourth-order valence-corrected chi connectivity index (χ4v) is 8.36. The third-order valence-corrected chi connectivity index (χ3v) is 10.7. The van der Waals surface area contributed by atoms with E-state index in [2.05, 4.69) is 0 Å². The quantitative estimate of drug-likeness (QED) is 0.292. The average Bonchev–Trinajstić information content (AvgIpc) is 2.90. The Labute approximate surface area is 205 Å². The van der Waals surface area contributed by atoms with Gasteiger partial charge in [-0.25, -0.2) is 21.2 Å². The molecule has 0 aromatic heterocycles. The van der Waals surface area contributed by atoms with Crippen LogP contribution in [0.3, 0.4) is 0 Å². The Morgan fingerprint density at radius 1 is 0.571 bits per heavy atom. The highest BCUT2D eigenvalue weighted by atomic mass is 32.3. The molecule has 0 aliphatic heterocycles. The first-order valence-corrected chi connectivity index (χ1v) is 13.8. The van der Waals surface area contributed by atoms with Gasteiger partial charge in [0.25, 0.3) is 0 Å². The van der Waals surface area contributed by atoms with Gasteiger partial charge in [0.1, 0.15) is 0 Å². The van der Waals surface area contributed by atoms with Crippen LogP contribution in [0.4, 0.5) is 4.39 Å². The summed E-state index contributed by atoms with van der Waals surface area (Å²) in [4.78, 5) is -0.841. The highest BCUT2D eigenvalue weighted by molar-refractivity contribution is 8.10. The Morgan fingerprint density at radius 3 is 1.37 bits per heavy atom. The molecule has 0 saturated heterocycles. The van der Waals surface area contributed by atoms with E-state index >= 15 is 4.39 Å². The Balaban J connectivity index is 2.04. The van der Waals surface area contributed by atoms with Gasteiger partial charge >= 0.3 is 4.33 Å². The standard InChI is InChI=1S/C28H23FO4S2/c29-28(34(30,31)25-17-9-3-10-18-25,35(32,33)26-19-11-4-12-20-26)27(24-15-7-2-8-16-24)22-21-23-13-5-1-6-14-23/h1-22,27H/b22-21+/t27-/m1/s1. The molecule has 4 aromatic carbocycles. The number of sulfone groups is 2. The lowest BCUT2D eigenvalue weighted by atomic mass is 9.98. The van der Waals surface area contributed by atoms with Gasteiger partial charge in [0.2, 0.25) is 19.7 Å². The molecule has 178 valence electrons. The lowest BCUT2D eigenvalue weighted by molar-refractivity contribution is 0.331. The van der Waals surface area contributed by atoms with Crippen LogP contribution in [0.2, 0.25) is 0 Å². The summed E-state index contributed by atoms with van der Waals surface area (Å²) in [6.45, 7) is 0. The van der Waals surface area contributed by atoms with Crippen LogP contribution < -0.4 is 0 Å². The van der Waals surface area contributed by atoms with Crippen LogP contribution in [0, 0.1) is 0 Å². The molecule has 0 unspecified atom stereocenters. The van der Waals surface area contributed by atoms with E-state index in [4.69, 9.17) is 0 Å². The van der Waals surface area contributed by atoms with Crippen LogP contribution in [0.1, 0.15) is 17.0 Å². The van der Waals surface area contributed by atoms with Crippen molar-refractivity contribution in [1.82, 2.24) is 0 Å². The van der Waals surface area contributed by atoms with Crippen molar-refractivity contribution in [2.75, 3.05) is 0 Å². The molecule has 0 fully saturated rings. The van der Waals surface area contributed by atoms with E-state index in [1.807, 2.05) is 6.07 Å². The summed E-state index contributed by atoms with van der Waals surface area (Å²) in [5, 5.41) is 0. The fraction of sp³-hybridized carbons (Fsp3) is 0.0714. The molecule has 1 atom stereocenters. The second-order valence-corrected chi connectivity index (χ2v) is 12.3. The lowest BCUT2D eigenvalue weighted by Crippen LogP contribution is -2.47. The van der Waals surface area contributed by atoms with Gasteiger partial charge < -0.3 is 0 Å². The molecule has 4 aromatic rings. The maximum Gasteiger partial charge on any atom is 0.327 e. The largest absolute Gasteiger partial charge is 0.327 e. The number of alkyl halides is 1. The van der Waals surface area contributed by atoms with Crippen molar-refractivity contribution < 1.29 is 21.2 Å². The van der Waals surface area contributed by atoms with Crippen LogP contribution in [-0.2, 0) is 19.7 Å². The van der Waals surface area contributed by atoms with Crippen LogP contribution in [0.5, 0.6) is 0 Å². The molecule has 4 rings (SSSR count). The number of hydrogen-bond acceptors (Lipinski definition) is 4. The van der Waals surface area contributed by atoms with E-state index in [1.54, 1.807) is 54.6 Å². The number of benzene rings is 4. The molecule has 0 N–H and O–H groups in total. The molecule has 0 aliphatic rings. The molecule has 0 amide bonds. The lowest BCUT2D eigenvalue weighted by Gasteiger charge is -2.32. The predicted molar refractivity (Wildman–Crippen MR) is 136 cm³/mol. The summed E-state index contributed by atoms with van der Waals surface area (Å²) >= 11 is 0. The molecule has 7 heteroatoms. The molecule has 4 nitrogen and oxygen atoms in total. The number of rotatable bonds is 8. The molecule has 0 radical (unpaired) electrons. The fourth-order valence-electron chi connectivity index (χ4n) is 3.86. The van der Waals surface area contributed by atoms with Crippen molar-refractivity contribution in [2.45, 2.75) is 20.0 Å². The van der Waals surface area contributed by atoms with E-state index in [0.29, 0.717) is 5.56 Å². The normalized spacial score (nSPS) is 13.5. The number of hydrogen-bond donors (Lipinski definition) is 0. The molecule has 0 saturated carbocycles. The van der Waals surface area contributed by atoms with Gasteiger partial charge in [-0.3, -0.25) is 0 Å². The maximum absolute atomic E-state index is 17.5. The van der Waals surface area contributed by atoms with Crippen molar-refractivity contribution in [3.05, 3.63) is 139 Å². The van der Waals surface area contributed by atoms with Gasteiger partial charge in [-0.15, -0.1) is 0 Å². The third kappa shape index (κ3) is 4.57. The topological polar surface area (TPSA) is 68.3 Å². The predicted octanol–water partition coefficient (Wildman–Crippen LogP) is 6.05. The van der Waals surface area contributed by atoms with Crippen LogP contribution >= 0.6 is 0 Å². The van der Waals surface area contributed by atoms with E-state index in [9.17, 15) is 16.8 Å². The Kier molecular flexibility index (Phi) is 7.00. The Hall–Kier alpha value is -3.55. The van der Waals surface area contributed by atoms with E-state index in [0.717, 1.165) is 0 Å². The Bertz CT molecular complexity index is 1430. The zero-order chi connectivity index (χ0) is 24.9. The van der Waals surface area contributed by atoms with Crippen LogP contribution in [-0.4, -0.2) is 21.2 Å². The van der Waals surface area contributed by atoms with Crippen LogP contribution in [0.15, 0.2) is 137 Å². The first kappa shape index (κ1) is 24.6. The van der Waals surface area contributed by atoms with Gasteiger partial charge in [0, 0.05) is 0 Å². The summed E-state index contributed by atoms with van der Waals surface area (Å²) in [5.74, 6) is -1.67. The van der Waals surface area contributed by atoms with E-state index < -0.39 is 39.7 Å². The van der Waals surface area contributed by atoms with E-state index in [1.165, 1.54) is 72.8 Å². The van der Waals surface area contributed by atoms with Gasteiger partial charge in [-0.1, -0.05) is 109 Å². The molecular formula is C28H23FO4S2. The molecule has 0 heterocycles. The third-order valence-electron chi connectivity index (χ3n) is 5.65. The van der Waals surface area contributed by atoms with Gasteiger partial charge in [0.05, 0.1) is 15.7 Å². The molecular weight excluding hydrogens is 483 g/mol. The monoisotopic (exact) mass is 506 g/mol. The van der Waals surface area contributed by atoms with Crippen LogP contribution in [0.25, 0.3) is 6.08 Å². The number of allylic oxidation sites excluding steroid dienone is 1. The summed E-state index contributed by atoms with van der Waals surface area (Å²) in [6.07, 6.45) is 2.85. The Morgan fingerprint density at radius 2 is 0.943 bits per heavy atom. The number of halogens is 1. The summed E-state index contributed by atoms with van der Waals surface area (Å²) in [6, 6.07) is 30.5. The smallest absolute Gasteiger partial charge is 0.219 e. The summed E-state index contributed by atoms with van der Waals surface area (Å²) in [5.41, 5.74) is 0.881. The second-order valence-electron chi connectivity index (χ2n) is 7.87. The second kappa shape index (κ2) is 9.98. The summed E-state index contributed by atoms with van der Waals surface area (Å²) in [7, 11) is -10.1. The maximum atomic E-state index is 17.5. The van der Waals surface area contributed by atoms with Gasteiger partial charge in [-0.05, 0) is 35.4 Å². The highest BCUT2D eigenvalue weighted by Crippen LogP contribution is 2.48. The van der Waals surface area contributed by atoms with Crippen molar-refractivity contribution >= 4 is 25.8 Å². The van der Waals surface area contributed by atoms with Gasteiger partial charge in [-0.2, -0.15) is 0 Å². The molecule has 0 spiro atoms. The zero-order valence-electron chi connectivity index (χ0n) is 18.6. The average molecular weight is 507 g/mol. The summed E-state index contributed by atoms with van der Waals surface area (Å²) < 4.78 is 69.5. The minimum atomic E-state index is -5.06. The van der Waals surface area contributed by atoms with Crippen molar-refractivity contribution in [3.8, 4) is 0 Å². The first-order chi connectivity index (χ1) is 16.8. The first-order valence-electron chi connectivity index (χ1n) is 10.8. The minimum absolute atomic E-state index is 0.209. The SMILES string of the molecule is O=S(=O)(c1ccccc1)C(F)([C@H](/C=C/c1ccccc1)c1ccccc1)S(=O)(=O)c1ccccc1. The van der Waals surface area contributed by atoms with Gasteiger partial charge in [0.15, 0.2) is 0 Å². The highest BCUT2D eigenvalue weighted by Gasteiger charge is 2.62. The minimum Gasteiger partial charge on any atom is -0.219 e. The molecule has 35 heavy (non-hydrogen) atoms. The zero-order valence-corrected chi connectivity index (χ0v) is 20.2.